The first-order chi connectivity index (χ1) is 4.81. The lowest BCUT2D eigenvalue weighted by Crippen LogP contribution is -1.73. The standard InChI is InChI=1S/C7H10O.C2H4/c1-4-6-7(3)8-5-2;1-2/h4-6H,2-3H2,1H3;1-2H2/b6-4-;. The molecule has 0 amide bonds. The molecule has 0 spiro atoms. The summed E-state index contributed by atoms with van der Waals surface area (Å²) in [5, 5.41) is 0. The van der Waals surface area contributed by atoms with Crippen molar-refractivity contribution in [3.05, 3.63) is 50.5 Å². The van der Waals surface area contributed by atoms with Crippen molar-refractivity contribution >= 4 is 0 Å². The van der Waals surface area contributed by atoms with Gasteiger partial charge in [-0.05, 0) is 13.0 Å². The van der Waals surface area contributed by atoms with E-state index in [0.717, 1.165) is 0 Å². The van der Waals surface area contributed by atoms with Gasteiger partial charge in [0.15, 0.2) is 0 Å². The highest BCUT2D eigenvalue weighted by molar-refractivity contribution is 5.06. The normalized spacial score (nSPS) is 7.70. The second-order valence-electron chi connectivity index (χ2n) is 1.25. The van der Waals surface area contributed by atoms with Gasteiger partial charge in [-0.25, -0.2) is 0 Å². The summed E-state index contributed by atoms with van der Waals surface area (Å²) in [5.74, 6) is 0.613. The van der Waals surface area contributed by atoms with Crippen LogP contribution < -0.4 is 0 Å². The Kier molecular flexibility index (Phi) is 12.3. The molecule has 0 unspecified atom stereocenters. The van der Waals surface area contributed by atoms with Crippen molar-refractivity contribution in [1.82, 2.24) is 0 Å². The van der Waals surface area contributed by atoms with Gasteiger partial charge < -0.3 is 4.74 Å². The predicted octanol–water partition coefficient (Wildman–Crippen LogP) is 3.04. The minimum atomic E-state index is 0.613. The van der Waals surface area contributed by atoms with Crippen LogP contribution in [0.15, 0.2) is 50.5 Å². The molecule has 0 aliphatic heterocycles. The van der Waals surface area contributed by atoms with Gasteiger partial charge in [0.1, 0.15) is 5.76 Å². The molecule has 56 valence electrons. The molecule has 0 aromatic rings. The lowest BCUT2D eigenvalue weighted by atomic mass is 10.5. The number of hydrogen-bond donors (Lipinski definition) is 0. The average molecular weight is 138 g/mol. The molecule has 0 radical (unpaired) electrons. The lowest BCUT2D eigenvalue weighted by Gasteiger charge is -1.93. The smallest absolute Gasteiger partial charge is 0.118 e. The zero-order valence-corrected chi connectivity index (χ0v) is 6.47. The molecule has 0 aromatic heterocycles. The largest absolute Gasteiger partial charge is 0.466 e. The van der Waals surface area contributed by atoms with Crippen LogP contribution in [0.3, 0.4) is 0 Å². The van der Waals surface area contributed by atoms with Gasteiger partial charge in [-0.15, -0.1) is 13.2 Å². The molecule has 0 atom stereocenters. The fraction of sp³-hybridized carbons (Fsp3) is 0.111. The Morgan fingerprint density at radius 1 is 1.40 bits per heavy atom. The summed E-state index contributed by atoms with van der Waals surface area (Å²) in [6.45, 7) is 14.8. The molecule has 0 fully saturated rings. The SMILES string of the molecule is C=C.C=COC(=C)/C=C\C. The van der Waals surface area contributed by atoms with Crippen LogP contribution in [0.2, 0.25) is 0 Å². The maximum absolute atomic E-state index is 4.76. The van der Waals surface area contributed by atoms with Crippen molar-refractivity contribution in [2.75, 3.05) is 0 Å². The lowest BCUT2D eigenvalue weighted by molar-refractivity contribution is 0.372. The Morgan fingerprint density at radius 3 is 2.20 bits per heavy atom. The van der Waals surface area contributed by atoms with E-state index >= 15 is 0 Å². The van der Waals surface area contributed by atoms with Crippen LogP contribution in [0.1, 0.15) is 6.92 Å². The summed E-state index contributed by atoms with van der Waals surface area (Å²) in [6.07, 6.45) is 4.97. The van der Waals surface area contributed by atoms with Gasteiger partial charge >= 0.3 is 0 Å². The van der Waals surface area contributed by atoms with Crippen molar-refractivity contribution < 1.29 is 4.74 Å². The molecule has 0 aliphatic carbocycles. The highest BCUT2D eigenvalue weighted by Crippen LogP contribution is 1.93. The molecule has 10 heavy (non-hydrogen) atoms. The predicted molar refractivity (Wildman–Crippen MR) is 46.5 cm³/mol. The fourth-order valence-electron chi connectivity index (χ4n) is 0.332. The van der Waals surface area contributed by atoms with Crippen LogP contribution in [0, 0.1) is 0 Å². The van der Waals surface area contributed by atoms with Gasteiger partial charge in [-0.3, -0.25) is 0 Å². The molecule has 0 saturated heterocycles. The van der Waals surface area contributed by atoms with Crippen molar-refractivity contribution in [2.45, 2.75) is 6.92 Å². The van der Waals surface area contributed by atoms with Crippen molar-refractivity contribution in [2.24, 2.45) is 0 Å². The van der Waals surface area contributed by atoms with Gasteiger partial charge in [0.25, 0.3) is 0 Å². The van der Waals surface area contributed by atoms with Crippen LogP contribution in [0.25, 0.3) is 0 Å². The van der Waals surface area contributed by atoms with E-state index in [9.17, 15) is 0 Å². The minimum absolute atomic E-state index is 0.613. The van der Waals surface area contributed by atoms with E-state index in [0.29, 0.717) is 5.76 Å². The molecule has 1 heteroatoms. The zero-order valence-electron chi connectivity index (χ0n) is 6.47. The Hall–Kier alpha value is -1.24. The Balaban J connectivity index is 0. The van der Waals surface area contributed by atoms with Crippen LogP contribution in [-0.2, 0) is 4.74 Å². The van der Waals surface area contributed by atoms with E-state index in [2.05, 4.69) is 26.3 Å². The molecular weight excluding hydrogens is 124 g/mol. The number of ether oxygens (including phenoxy) is 1. The maximum atomic E-state index is 4.76. The highest BCUT2D eigenvalue weighted by atomic mass is 16.5. The first-order valence-corrected chi connectivity index (χ1v) is 2.90. The van der Waals surface area contributed by atoms with Crippen molar-refractivity contribution in [3.63, 3.8) is 0 Å². The molecule has 0 aliphatic rings. The third-order valence-corrected chi connectivity index (χ3v) is 0.587. The maximum Gasteiger partial charge on any atom is 0.118 e. The van der Waals surface area contributed by atoms with Gasteiger partial charge in [0, 0.05) is 0 Å². The van der Waals surface area contributed by atoms with Crippen LogP contribution >= 0.6 is 0 Å². The highest BCUT2D eigenvalue weighted by Gasteiger charge is 1.77. The average Bonchev–Trinajstić information content (AvgIpc) is 1.93. The van der Waals surface area contributed by atoms with E-state index < -0.39 is 0 Å². The quantitative estimate of drug-likeness (QED) is 0.331. The van der Waals surface area contributed by atoms with E-state index in [1.165, 1.54) is 6.26 Å². The van der Waals surface area contributed by atoms with E-state index in [1.807, 2.05) is 13.0 Å². The Bertz CT molecular complexity index is 123. The molecule has 0 N–H and O–H groups in total. The second-order valence-corrected chi connectivity index (χ2v) is 1.25. The minimum Gasteiger partial charge on any atom is -0.466 e. The topological polar surface area (TPSA) is 9.23 Å². The number of hydrogen-bond acceptors (Lipinski definition) is 1. The van der Waals surface area contributed by atoms with Gasteiger partial charge in [-0.1, -0.05) is 19.2 Å². The summed E-state index contributed by atoms with van der Waals surface area (Å²) in [7, 11) is 0. The van der Waals surface area contributed by atoms with Crippen LogP contribution in [0.4, 0.5) is 0 Å². The Morgan fingerprint density at radius 2 is 1.90 bits per heavy atom. The summed E-state index contributed by atoms with van der Waals surface area (Å²) in [5.41, 5.74) is 0. The summed E-state index contributed by atoms with van der Waals surface area (Å²) in [4.78, 5) is 0. The van der Waals surface area contributed by atoms with Crippen LogP contribution in [0.5, 0.6) is 0 Å². The summed E-state index contributed by atoms with van der Waals surface area (Å²) in [6, 6.07) is 0. The van der Waals surface area contributed by atoms with E-state index in [4.69, 9.17) is 4.74 Å². The van der Waals surface area contributed by atoms with Gasteiger partial charge in [0.05, 0.1) is 6.26 Å². The third kappa shape index (κ3) is 9.90. The zero-order chi connectivity index (χ0) is 8.41. The summed E-state index contributed by atoms with van der Waals surface area (Å²) < 4.78 is 4.76. The summed E-state index contributed by atoms with van der Waals surface area (Å²) >= 11 is 0. The third-order valence-electron chi connectivity index (χ3n) is 0.587. The van der Waals surface area contributed by atoms with Crippen molar-refractivity contribution in [1.29, 1.82) is 0 Å². The molecule has 0 rings (SSSR count). The second kappa shape index (κ2) is 10.7. The number of rotatable bonds is 3. The van der Waals surface area contributed by atoms with Gasteiger partial charge in [0.2, 0.25) is 0 Å². The fourth-order valence-corrected chi connectivity index (χ4v) is 0.332. The van der Waals surface area contributed by atoms with E-state index in [1.54, 1.807) is 6.08 Å². The molecule has 0 aromatic carbocycles. The Labute approximate surface area is 63.0 Å². The first kappa shape index (κ1) is 11.5. The van der Waals surface area contributed by atoms with Crippen LogP contribution in [-0.4, -0.2) is 0 Å². The molecule has 1 nitrogen and oxygen atoms in total. The number of allylic oxidation sites excluding steroid dienone is 2. The monoisotopic (exact) mass is 138 g/mol. The molecule has 0 saturated carbocycles. The first-order valence-electron chi connectivity index (χ1n) is 2.90. The van der Waals surface area contributed by atoms with Gasteiger partial charge in [-0.2, -0.15) is 0 Å². The molecular formula is C9H14O. The molecule has 0 bridgehead atoms. The van der Waals surface area contributed by atoms with Crippen molar-refractivity contribution in [3.8, 4) is 0 Å². The molecule has 0 heterocycles. The van der Waals surface area contributed by atoms with E-state index in [-0.39, 0.29) is 0 Å².